The Labute approximate surface area is 145 Å². The van der Waals surface area contributed by atoms with Crippen molar-refractivity contribution in [3.63, 3.8) is 0 Å². The summed E-state index contributed by atoms with van der Waals surface area (Å²) in [5.41, 5.74) is -0.0382. The molecule has 1 fully saturated rings. The first-order chi connectivity index (χ1) is 12.4. The van der Waals surface area contributed by atoms with Crippen LogP contribution in [0.1, 0.15) is 16.4 Å². The monoisotopic (exact) mass is 373 g/mol. The lowest BCUT2D eigenvalue weighted by atomic mass is 10.3. The zero-order chi connectivity index (χ0) is 18.7. The Bertz CT molecular complexity index is 745. The van der Waals surface area contributed by atoms with Crippen LogP contribution >= 0.6 is 0 Å². The fourth-order valence-electron chi connectivity index (χ4n) is 2.31. The number of ether oxygens (including phenoxy) is 2. The smallest absolute Gasteiger partial charge is 0.388 e. The maximum Gasteiger partial charge on any atom is 0.388 e. The number of oxazole rings is 1. The van der Waals surface area contributed by atoms with Crippen molar-refractivity contribution in [2.45, 2.75) is 25.5 Å². The second kappa shape index (κ2) is 7.60. The molecule has 1 aliphatic heterocycles. The van der Waals surface area contributed by atoms with Gasteiger partial charge in [0.25, 0.3) is 5.91 Å². The number of β-amino-alcohol motifs (C(OH)–C–C–N with tert-alkyl or cyclic N) is 1. The lowest BCUT2D eigenvalue weighted by Gasteiger charge is -2.12. The third-order valence-corrected chi connectivity index (χ3v) is 3.56. The highest BCUT2D eigenvalue weighted by molar-refractivity contribution is 5.92. The molecular weight excluding hydrogens is 359 g/mol. The van der Waals surface area contributed by atoms with E-state index in [2.05, 4.69) is 14.7 Å². The highest BCUT2D eigenvalue weighted by atomic mass is 19.3. The van der Waals surface area contributed by atoms with Crippen LogP contribution in [0.4, 0.5) is 13.2 Å². The zero-order valence-corrected chi connectivity index (χ0v) is 13.2. The molecule has 2 aromatic rings. The Kier molecular flexibility index (Phi) is 5.26. The van der Waals surface area contributed by atoms with Gasteiger partial charge in [-0.2, -0.15) is 8.78 Å². The van der Waals surface area contributed by atoms with Gasteiger partial charge in [0.1, 0.15) is 24.3 Å². The Morgan fingerprint density at radius 2 is 2.23 bits per heavy atom. The summed E-state index contributed by atoms with van der Waals surface area (Å²) < 4.78 is 51.9. The molecule has 8 nitrogen and oxygen atoms in total. The predicted octanol–water partition coefficient (Wildman–Crippen LogP) is 1.40. The molecule has 11 heteroatoms. The van der Waals surface area contributed by atoms with E-state index in [4.69, 9.17) is 9.15 Å². The number of aliphatic hydroxyl groups is 1. The van der Waals surface area contributed by atoms with Gasteiger partial charge in [-0.05, 0) is 6.07 Å². The minimum absolute atomic E-state index is 0.0382. The molecule has 140 valence electrons. The highest BCUT2D eigenvalue weighted by Gasteiger charge is 2.35. The van der Waals surface area contributed by atoms with E-state index in [9.17, 15) is 23.1 Å². The van der Waals surface area contributed by atoms with Gasteiger partial charge in [-0.1, -0.05) is 0 Å². The lowest BCUT2D eigenvalue weighted by Crippen LogP contribution is -2.29. The molecular formula is C15H14F3N3O5. The van der Waals surface area contributed by atoms with Crippen molar-refractivity contribution in [2.75, 3.05) is 13.1 Å². The minimum Gasteiger partial charge on any atom is -0.482 e. The molecule has 0 spiro atoms. The van der Waals surface area contributed by atoms with Crippen LogP contribution in [0, 0.1) is 0 Å². The Balaban J connectivity index is 1.54. The van der Waals surface area contributed by atoms with E-state index in [1.54, 1.807) is 0 Å². The SMILES string of the molecule is O=C(c1coc(COc2ccc(OC(F)F)nc2)n1)N1C[C@H](O)[C@@H](F)C1. The molecule has 0 aliphatic carbocycles. The number of hydrogen-bond acceptors (Lipinski definition) is 7. The maximum absolute atomic E-state index is 13.3. The van der Waals surface area contributed by atoms with Crippen molar-refractivity contribution in [1.29, 1.82) is 0 Å². The number of carbonyl (C=O) groups excluding carboxylic acids is 1. The van der Waals surface area contributed by atoms with Crippen molar-refractivity contribution in [2.24, 2.45) is 0 Å². The van der Waals surface area contributed by atoms with E-state index in [0.29, 0.717) is 0 Å². The van der Waals surface area contributed by atoms with Crippen LogP contribution < -0.4 is 9.47 Å². The fourth-order valence-corrected chi connectivity index (χ4v) is 2.31. The third-order valence-electron chi connectivity index (χ3n) is 3.56. The number of alkyl halides is 3. The van der Waals surface area contributed by atoms with E-state index in [-0.39, 0.29) is 42.9 Å². The standard InChI is InChI=1S/C15H14F3N3O5/c16-9-4-21(5-11(9)22)14(23)10-6-25-13(20-10)7-24-8-1-2-12(19-3-8)26-15(17)18/h1-3,6,9,11,15,22H,4-5,7H2/t9-,11-/m0/s1. The maximum atomic E-state index is 13.3. The number of carbonyl (C=O) groups is 1. The lowest BCUT2D eigenvalue weighted by molar-refractivity contribution is -0.0529. The van der Waals surface area contributed by atoms with Gasteiger partial charge in [-0.3, -0.25) is 4.79 Å². The van der Waals surface area contributed by atoms with Crippen LogP contribution in [-0.4, -0.2) is 57.9 Å². The molecule has 0 bridgehead atoms. The van der Waals surface area contributed by atoms with Gasteiger partial charge in [0, 0.05) is 6.07 Å². The van der Waals surface area contributed by atoms with Gasteiger partial charge in [-0.25, -0.2) is 14.4 Å². The van der Waals surface area contributed by atoms with Crippen LogP contribution in [-0.2, 0) is 6.61 Å². The van der Waals surface area contributed by atoms with Crippen molar-refractivity contribution in [1.82, 2.24) is 14.9 Å². The summed E-state index contributed by atoms with van der Waals surface area (Å²) >= 11 is 0. The molecule has 1 amide bonds. The molecule has 0 aromatic carbocycles. The molecule has 26 heavy (non-hydrogen) atoms. The van der Waals surface area contributed by atoms with Gasteiger partial charge in [-0.15, -0.1) is 0 Å². The summed E-state index contributed by atoms with van der Waals surface area (Å²) in [5, 5.41) is 9.36. The number of amides is 1. The second-order valence-electron chi connectivity index (χ2n) is 5.42. The number of aliphatic hydroxyl groups excluding tert-OH is 1. The summed E-state index contributed by atoms with van der Waals surface area (Å²) in [5.74, 6) is -0.483. The van der Waals surface area contributed by atoms with Crippen molar-refractivity contribution in [3.05, 3.63) is 36.2 Å². The number of halogens is 3. The second-order valence-corrected chi connectivity index (χ2v) is 5.42. The first kappa shape index (κ1) is 18.0. The molecule has 1 saturated heterocycles. The molecule has 0 unspecified atom stereocenters. The predicted molar refractivity (Wildman–Crippen MR) is 78.5 cm³/mol. The van der Waals surface area contributed by atoms with Crippen molar-refractivity contribution >= 4 is 5.91 Å². The average molecular weight is 373 g/mol. The third kappa shape index (κ3) is 4.23. The van der Waals surface area contributed by atoms with Gasteiger partial charge in [0.15, 0.2) is 12.3 Å². The van der Waals surface area contributed by atoms with Crippen LogP contribution in [0.15, 0.2) is 29.0 Å². The number of rotatable bonds is 6. The fraction of sp³-hybridized carbons (Fsp3) is 0.400. The van der Waals surface area contributed by atoms with E-state index in [0.717, 1.165) is 11.2 Å². The Morgan fingerprint density at radius 1 is 1.42 bits per heavy atom. The van der Waals surface area contributed by atoms with Gasteiger partial charge in [0.2, 0.25) is 11.8 Å². The van der Waals surface area contributed by atoms with Crippen LogP contribution in [0.25, 0.3) is 0 Å². The molecule has 2 aromatic heterocycles. The largest absolute Gasteiger partial charge is 0.482 e. The van der Waals surface area contributed by atoms with Crippen LogP contribution in [0.3, 0.4) is 0 Å². The summed E-state index contributed by atoms with van der Waals surface area (Å²) in [6.07, 6.45) is -0.410. The van der Waals surface area contributed by atoms with E-state index in [1.807, 2.05) is 0 Å². The number of likely N-dealkylation sites (tertiary alicyclic amines) is 1. The summed E-state index contributed by atoms with van der Waals surface area (Å²) in [7, 11) is 0. The van der Waals surface area contributed by atoms with E-state index in [1.165, 1.54) is 18.3 Å². The zero-order valence-electron chi connectivity index (χ0n) is 13.2. The molecule has 0 saturated carbocycles. The van der Waals surface area contributed by atoms with Crippen LogP contribution in [0.2, 0.25) is 0 Å². The van der Waals surface area contributed by atoms with E-state index >= 15 is 0 Å². The Hall–Kier alpha value is -2.82. The molecule has 0 radical (unpaired) electrons. The summed E-state index contributed by atoms with van der Waals surface area (Å²) in [6.45, 7) is -3.44. The number of hydrogen-bond donors (Lipinski definition) is 1. The number of nitrogens with zero attached hydrogens (tertiary/aromatic N) is 3. The molecule has 2 atom stereocenters. The molecule has 1 N–H and O–H groups in total. The van der Waals surface area contributed by atoms with Gasteiger partial charge in [0.05, 0.1) is 19.3 Å². The van der Waals surface area contributed by atoms with Gasteiger partial charge >= 0.3 is 6.61 Å². The minimum atomic E-state index is -2.97. The Morgan fingerprint density at radius 3 is 2.85 bits per heavy atom. The quantitative estimate of drug-likeness (QED) is 0.817. The van der Waals surface area contributed by atoms with E-state index < -0.39 is 24.8 Å². The first-order valence-corrected chi connectivity index (χ1v) is 7.52. The first-order valence-electron chi connectivity index (χ1n) is 7.52. The molecule has 3 rings (SSSR count). The van der Waals surface area contributed by atoms with Crippen molar-refractivity contribution in [3.8, 4) is 11.6 Å². The number of aromatic nitrogens is 2. The van der Waals surface area contributed by atoms with Gasteiger partial charge < -0.3 is 23.9 Å². The molecule has 3 heterocycles. The number of pyridine rings is 1. The topological polar surface area (TPSA) is 97.9 Å². The van der Waals surface area contributed by atoms with Crippen LogP contribution in [0.5, 0.6) is 11.6 Å². The van der Waals surface area contributed by atoms with Crippen molar-refractivity contribution < 1.29 is 37.0 Å². The highest BCUT2D eigenvalue weighted by Crippen LogP contribution is 2.18. The normalized spacial score (nSPS) is 19.8. The average Bonchev–Trinajstić information content (AvgIpc) is 3.20. The molecule has 1 aliphatic rings. The summed E-state index contributed by atoms with van der Waals surface area (Å²) in [4.78, 5) is 20.9. The summed E-state index contributed by atoms with van der Waals surface area (Å²) in [6, 6.07) is 2.57.